The van der Waals surface area contributed by atoms with Crippen molar-refractivity contribution < 1.29 is 4.39 Å². The molecule has 0 saturated heterocycles. The fourth-order valence-corrected chi connectivity index (χ4v) is 1.87. The lowest BCUT2D eigenvalue weighted by Crippen LogP contribution is -1.88. The molecule has 0 unspecified atom stereocenters. The maximum Gasteiger partial charge on any atom is 0.216 e. The van der Waals surface area contributed by atoms with Crippen molar-refractivity contribution in [2.45, 2.75) is 0 Å². The summed E-state index contributed by atoms with van der Waals surface area (Å²) < 4.78 is 13.3. The van der Waals surface area contributed by atoms with Crippen molar-refractivity contribution in [2.24, 2.45) is 0 Å². The standard InChI is InChI=1S/C8H4ClFN2S/c9-6-2-1-5(13-6)8-11-4-3-7(10)12-8/h1-4H. The Labute approximate surface area is 83.0 Å². The minimum atomic E-state index is -0.533. The topological polar surface area (TPSA) is 25.8 Å². The molecule has 5 heteroatoms. The third-order valence-electron chi connectivity index (χ3n) is 1.42. The molecule has 2 nitrogen and oxygen atoms in total. The van der Waals surface area contributed by atoms with Crippen molar-refractivity contribution in [3.8, 4) is 10.7 Å². The summed E-state index contributed by atoms with van der Waals surface area (Å²) in [5.41, 5.74) is 0. The van der Waals surface area contributed by atoms with Crippen molar-refractivity contribution in [1.29, 1.82) is 0 Å². The van der Waals surface area contributed by atoms with Gasteiger partial charge in [-0.05, 0) is 12.1 Å². The third-order valence-corrected chi connectivity index (χ3v) is 2.64. The minimum absolute atomic E-state index is 0.372. The van der Waals surface area contributed by atoms with Gasteiger partial charge in [0.05, 0.1) is 9.21 Å². The van der Waals surface area contributed by atoms with Gasteiger partial charge in [-0.15, -0.1) is 11.3 Å². The summed E-state index contributed by atoms with van der Waals surface area (Å²) in [6.07, 6.45) is 1.38. The smallest absolute Gasteiger partial charge is 0.216 e. The lowest BCUT2D eigenvalue weighted by molar-refractivity contribution is 0.581. The van der Waals surface area contributed by atoms with E-state index in [4.69, 9.17) is 11.6 Å². The average molecular weight is 215 g/mol. The molecule has 0 atom stereocenters. The van der Waals surface area contributed by atoms with Crippen LogP contribution in [0.2, 0.25) is 4.34 Å². The molecule has 0 aliphatic carbocycles. The van der Waals surface area contributed by atoms with Crippen LogP contribution in [-0.4, -0.2) is 9.97 Å². The van der Waals surface area contributed by atoms with E-state index in [1.807, 2.05) is 0 Å². The van der Waals surface area contributed by atoms with E-state index >= 15 is 0 Å². The van der Waals surface area contributed by atoms with E-state index in [2.05, 4.69) is 9.97 Å². The summed E-state index contributed by atoms with van der Waals surface area (Å²) in [6.45, 7) is 0. The lowest BCUT2D eigenvalue weighted by atomic mass is 10.4. The van der Waals surface area contributed by atoms with Gasteiger partial charge in [-0.1, -0.05) is 11.6 Å². The number of nitrogens with zero attached hydrogens (tertiary/aromatic N) is 2. The van der Waals surface area contributed by atoms with Crippen LogP contribution in [0.25, 0.3) is 10.7 Å². The zero-order chi connectivity index (χ0) is 9.26. The molecule has 13 heavy (non-hydrogen) atoms. The van der Waals surface area contributed by atoms with Gasteiger partial charge >= 0.3 is 0 Å². The van der Waals surface area contributed by atoms with Crippen molar-refractivity contribution in [2.75, 3.05) is 0 Å². The van der Waals surface area contributed by atoms with Gasteiger partial charge in [0.1, 0.15) is 0 Å². The van der Waals surface area contributed by atoms with E-state index in [9.17, 15) is 4.39 Å². The second kappa shape index (κ2) is 3.40. The van der Waals surface area contributed by atoms with E-state index in [0.29, 0.717) is 10.2 Å². The van der Waals surface area contributed by atoms with E-state index in [1.165, 1.54) is 23.6 Å². The molecule has 0 amide bonds. The molecule has 2 heterocycles. The van der Waals surface area contributed by atoms with Crippen LogP contribution in [0.15, 0.2) is 24.4 Å². The minimum Gasteiger partial charge on any atom is -0.236 e. The SMILES string of the molecule is Fc1ccnc(-c2ccc(Cl)s2)n1. The number of hydrogen-bond acceptors (Lipinski definition) is 3. The molecule has 0 aliphatic rings. The van der Waals surface area contributed by atoms with Crippen LogP contribution in [0, 0.1) is 5.95 Å². The molecule has 2 aromatic heterocycles. The van der Waals surface area contributed by atoms with Crippen molar-refractivity contribution >= 4 is 22.9 Å². The van der Waals surface area contributed by atoms with E-state index < -0.39 is 5.95 Å². The fraction of sp³-hybridized carbons (Fsp3) is 0. The molecule has 0 aromatic carbocycles. The van der Waals surface area contributed by atoms with E-state index in [0.717, 1.165) is 4.88 Å². The number of aromatic nitrogens is 2. The second-order valence-corrected chi connectivity index (χ2v) is 4.02. The first kappa shape index (κ1) is 8.59. The molecule has 0 radical (unpaired) electrons. The van der Waals surface area contributed by atoms with E-state index in [-0.39, 0.29) is 0 Å². The molecule has 0 fully saturated rings. The van der Waals surface area contributed by atoms with Crippen molar-refractivity contribution in [1.82, 2.24) is 9.97 Å². The maximum atomic E-state index is 12.7. The molecule has 0 spiro atoms. The third kappa shape index (κ3) is 1.84. The quantitative estimate of drug-likeness (QED) is 0.682. The lowest BCUT2D eigenvalue weighted by Gasteiger charge is -1.93. The molecule has 0 N–H and O–H groups in total. The zero-order valence-electron chi connectivity index (χ0n) is 6.37. The van der Waals surface area contributed by atoms with Crippen LogP contribution in [0.4, 0.5) is 4.39 Å². The molecule has 0 bridgehead atoms. The van der Waals surface area contributed by atoms with Crippen LogP contribution in [0.3, 0.4) is 0 Å². The second-order valence-electron chi connectivity index (χ2n) is 2.31. The first-order chi connectivity index (χ1) is 6.25. The van der Waals surface area contributed by atoms with Gasteiger partial charge in [0.15, 0.2) is 5.82 Å². The molecule has 66 valence electrons. The first-order valence-corrected chi connectivity index (χ1v) is 4.69. The Morgan fingerprint density at radius 1 is 1.31 bits per heavy atom. The highest BCUT2D eigenvalue weighted by atomic mass is 35.5. The Bertz CT molecular complexity index is 430. The predicted octanol–water partition coefficient (Wildman–Crippen LogP) is 3.00. The number of hydrogen-bond donors (Lipinski definition) is 0. The molecule has 0 aliphatic heterocycles. The van der Waals surface area contributed by atoms with Crippen LogP contribution >= 0.6 is 22.9 Å². The highest BCUT2D eigenvalue weighted by Gasteiger charge is 2.04. The predicted molar refractivity (Wildman–Crippen MR) is 50.3 cm³/mol. The van der Waals surface area contributed by atoms with Crippen LogP contribution < -0.4 is 0 Å². The Kier molecular flexibility index (Phi) is 2.24. The Balaban J connectivity index is 2.46. The van der Waals surface area contributed by atoms with Crippen LogP contribution in [0.5, 0.6) is 0 Å². The van der Waals surface area contributed by atoms with Gasteiger partial charge in [-0.3, -0.25) is 0 Å². The highest BCUT2D eigenvalue weighted by Crippen LogP contribution is 2.28. The molecule has 0 saturated carbocycles. The Morgan fingerprint density at radius 3 is 2.77 bits per heavy atom. The van der Waals surface area contributed by atoms with Gasteiger partial charge in [-0.2, -0.15) is 9.37 Å². The monoisotopic (exact) mass is 214 g/mol. The van der Waals surface area contributed by atoms with Gasteiger partial charge in [0.25, 0.3) is 0 Å². The number of halogens is 2. The molecular weight excluding hydrogens is 211 g/mol. The molecule has 2 aromatic rings. The van der Waals surface area contributed by atoms with Gasteiger partial charge < -0.3 is 0 Å². The number of thiophene rings is 1. The summed E-state index contributed by atoms with van der Waals surface area (Å²) in [6, 6.07) is 4.70. The molecule has 2 rings (SSSR count). The Morgan fingerprint density at radius 2 is 2.15 bits per heavy atom. The number of rotatable bonds is 1. The van der Waals surface area contributed by atoms with Gasteiger partial charge in [-0.25, -0.2) is 4.98 Å². The van der Waals surface area contributed by atoms with Gasteiger partial charge in [0, 0.05) is 12.3 Å². The summed E-state index contributed by atoms with van der Waals surface area (Å²) in [7, 11) is 0. The maximum absolute atomic E-state index is 12.7. The summed E-state index contributed by atoms with van der Waals surface area (Å²) in [5.74, 6) is -0.161. The van der Waals surface area contributed by atoms with Crippen molar-refractivity contribution in [3.05, 3.63) is 34.7 Å². The van der Waals surface area contributed by atoms with E-state index in [1.54, 1.807) is 12.1 Å². The Hall–Kier alpha value is -1.00. The summed E-state index contributed by atoms with van der Waals surface area (Å²) in [4.78, 5) is 8.32. The molecular formula is C8H4ClFN2S. The van der Waals surface area contributed by atoms with Crippen molar-refractivity contribution in [3.63, 3.8) is 0 Å². The highest BCUT2D eigenvalue weighted by molar-refractivity contribution is 7.19. The normalized spacial score (nSPS) is 10.3. The summed E-state index contributed by atoms with van der Waals surface area (Å²) >= 11 is 7.04. The van der Waals surface area contributed by atoms with Crippen LogP contribution in [-0.2, 0) is 0 Å². The first-order valence-electron chi connectivity index (χ1n) is 3.50. The summed E-state index contributed by atoms with van der Waals surface area (Å²) in [5, 5.41) is 0. The zero-order valence-corrected chi connectivity index (χ0v) is 7.94. The van der Waals surface area contributed by atoms with Crippen LogP contribution in [0.1, 0.15) is 0 Å². The van der Waals surface area contributed by atoms with Gasteiger partial charge in [0.2, 0.25) is 5.95 Å². The average Bonchev–Trinajstić information content (AvgIpc) is 2.52. The largest absolute Gasteiger partial charge is 0.236 e. The fourth-order valence-electron chi connectivity index (χ4n) is 0.890.